The molecule has 1 N–H and O–H groups in total. The second kappa shape index (κ2) is 11.8. The van der Waals surface area contributed by atoms with E-state index in [0.717, 1.165) is 12.8 Å². The second-order valence-electron chi connectivity index (χ2n) is 5.08. The van der Waals surface area contributed by atoms with Crippen LogP contribution in [-0.2, 0) is 0 Å². The van der Waals surface area contributed by atoms with Crippen LogP contribution in [0, 0.1) is 5.92 Å². The minimum Gasteiger partial charge on any atom is -0.386 e. The molecule has 3 heteroatoms. The third kappa shape index (κ3) is 9.28. The zero-order valence-corrected chi connectivity index (χ0v) is 13.8. The SMILES string of the molecule is CCCCC(CCCC)C(O)(P)CCCC.Cl. The minimum absolute atomic E-state index is 0. The van der Waals surface area contributed by atoms with Crippen molar-refractivity contribution >= 4 is 21.6 Å². The fraction of sp³-hybridized carbons (Fsp3) is 1.00. The molecule has 0 aromatic heterocycles. The highest BCUT2D eigenvalue weighted by Gasteiger charge is 2.30. The molecule has 0 heterocycles. The maximum atomic E-state index is 10.5. The molecule has 0 aliphatic heterocycles. The molecule has 2 unspecified atom stereocenters. The molecule has 0 rings (SSSR count). The molecule has 0 amide bonds. The molecule has 0 saturated carbocycles. The molecule has 0 spiro atoms. The van der Waals surface area contributed by atoms with E-state index in [2.05, 4.69) is 30.0 Å². The van der Waals surface area contributed by atoms with Crippen LogP contribution in [0.15, 0.2) is 0 Å². The molecule has 0 aromatic rings. The van der Waals surface area contributed by atoms with Crippen molar-refractivity contribution in [2.24, 2.45) is 5.92 Å². The largest absolute Gasteiger partial charge is 0.386 e. The molecule has 1 nitrogen and oxygen atoms in total. The van der Waals surface area contributed by atoms with Crippen LogP contribution in [0.5, 0.6) is 0 Å². The van der Waals surface area contributed by atoms with Crippen molar-refractivity contribution < 1.29 is 5.11 Å². The summed E-state index contributed by atoms with van der Waals surface area (Å²) in [7, 11) is 2.73. The molecule has 0 saturated heterocycles. The predicted octanol–water partition coefficient (Wildman–Crippen LogP) is 5.16. The summed E-state index contributed by atoms with van der Waals surface area (Å²) in [6.45, 7) is 6.64. The van der Waals surface area contributed by atoms with Crippen LogP contribution in [0.1, 0.15) is 78.6 Å². The Bertz CT molecular complexity index is 154. The van der Waals surface area contributed by atoms with Crippen LogP contribution in [0.2, 0.25) is 0 Å². The van der Waals surface area contributed by atoms with Crippen molar-refractivity contribution in [2.75, 3.05) is 0 Å². The Morgan fingerprint density at radius 1 is 0.941 bits per heavy atom. The highest BCUT2D eigenvalue weighted by Crippen LogP contribution is 2.37. The zero-order valence-electron chi connectivity index (χ0n) is 11.9. The fourth-order valence-electron chi connectivity index (χ4n) is 2.21. The lowest BCUT2D eigenvalue weighted by molar-refractivity contribution is 0.0486. The summed E-state index contributed by atoms with van der Waals surface area (Å²) in [6.07, 6.45) is 10.6. The molecular weight excluding hydrogens is 251 g/mol. The minimum atomic E-state index is -0.514. The first kappa shape index (κ1) is 20.0. The standard InChI is InChI=1S/C14H31OP.ClH/c1-4-7-10-13(11-8-5-2)14(15,16)12-9-6-3;/h13,15H,4-12,16H2,1-3H3;1H. The van der Waals surface area contributed by atoms with E-state index in [1.54, 1.807) is 0 Å². The molecule has 0 aromatic carbocycles. The average Bonchev–Trinajstić information content (AvgIpc) is 2.26. The first-order valence-corrected chi connectivity index (χ1v) is 7.67. The van der Waals surface area contributed by atoms with E-state index in [1.165, 1.54) is 44.9 Å². The smallest absolute Gasteiger partial charge is 0.0806 e. The van der Waals surface area contributed by atoms with Crippen LogP contribution in [-0.4, -0.2) is 10.4 Å². The van der Waals surface area contributed by atoms with Gasteiger partial charge in [0.1, 0.15) is 0 Å². The van der Waals surface area contributed by atoms with Gasteiger partial charge < -0.3 is 5.11 Å². The van der Waals surface area contributed by atoms with Crippen LogP contribution in [0.3, 0.4) is 0 Å². The lowest BCUT2D eigenvalue weighted by Crippen LogP contribution is -2.31. The van der Waals surface area contributed by atoms with Gasteiger partial charge in [0, 0.05) is 0 Å². The monoisotopic (exact) mass is 282 g/mol. The number of unbranched alkanes of at least 4 members (excludes halogenated alkanes) is 3. The van der Waals surface area contributed by atoms with Crippen molar-refractivity contribution in [1.29, 1.82) is 0 Å². The second-order valence-corrected chi connectivity index (χ2v) is 6.08. The third-order valence-electron chi connectivity index (χ3n) is 3.45. The molecule has 0 bridgehead atoms. The van der Waals surface area contributed by atoms with Gasteiger partial charge in [0.25, 0.3) is 0 Å². The maximum Gasteiger partial charge on any atom is 0.0806 e. The number of hydrogen-bond acceptors (Lipinski definition) is 1. The lowest BCUT2D eigenvalue weighted by Gasteiger charge is -2.33. The van der Waals surface area contributed by atoms with Gasteiger partial charge in [-0.3, -0.25) is 0 Å². The Morgan fingerprint density at radius 2 is 1.35 bits per heavy atom. The normalized spacial score (nSPS) is 14.5. The Balaban J connectivity index is 0. The van der Waals surface area contributed by atoms with Crippen molar-refractivity contribution in [3.05, 3.63) is 0 Å². The summed E-state index contributed by atoms with van der Waals surface area (Å²) in [5, 5.41) is 10.0. The summed E-state index contributed by atoms with van der Waals surface area (Å²) in [5.74, 6) is 0.476. The first-order chi connectivity index (χ1) is 7.58. The van der Waals surface area contributed by atoms with E-state index in [0.29, 0.717) is 5.92 Å². The van der Waals surface area contributed by atoms with E-state index >= 15 is 0 Å². The Kier molecular flexibility index (Phi) is 13.8. The summed E-state index contributed by atoms with van der Waals surface area (Å²) < 4.78 is 0. The van der Waals surface area contributed by atoms with E-state index in [1.807, 2.05) is 0 Å². The molecule has 0 aliphatic rings. The van der Waals surface area contributed by atoms with Gasteiger partial charge in [-0.05, 0) is 25.2 Å². The summed E-state index contributed by atoms with van der Waals surface area (Å²) in [6, 6.07) is 0. The van der Waals surface area contributed by atoms with Gasteiger partial charge in [-0.1, -0.05) is 59.3 Å². The van der Waals surface area contributed by atoms with E-state index < -0.39 is 5.34 Å². The first-order valence-electron chi connectivity index (χ1n) is 7.09. The van der Waals surface area contributed by atoms with Crippen LogP contribution in [0.4, 0.5) is 0 Å². The van der Waals surface area contributed by atoms with Gasteiger partial charge in [-0.2, -0.15) is 0 Å². The van der Waals surface area contributed by atoms with Gasteiger partial charge in [0.2, 0.25) is 0 Å². The van der Waals surface area contributed by atoms with Crippen molar-refractivity contribution in [3.8, 4) is 0 Å². The number of hydrogen-bond donors (Lipinski definition) is 1. The van der Waals surface area contributed by atoms with Crippen molar-refractivity contribution in [2.45, 2.75) is 83.9 Å². The Labute approximate surface area is 117 Å². The molecule has 0 fully saturated rings. The molecule has 0 aliphatic carbocycles. The van der Waals surface area contributed by atoms with Gasteiger partial charge in [0.15, 0.2) is 0 Å². The zero-order chi connectivity index (χ0) is 12.4. The van der Waals surface area contributed by atoms with Gasteiger partial charge in [0.05, 0.1) is 5.34 Å². The molecule has 0 radical (unpaired) electrons. The van der Waals surface area contributed by atoms with Gasteiger partial charge in [-0.15, -0.1) is 21.6 Å². The van der Waals surface area contributed by atoms with Gasteiger partial charge >= 0.3 is 0 Å². The van der Waals surface area contributed by atoms with Gasteiger partial charge in [-0.25, -0.2) is 0 Å². The number of rotatable bonds is 10. The Morgan fingerprint density at radius 3 is 1.71 bits per heavy atom. The topological polar surface area (TPSA) is 20.2 Å². The molecule has 17 heavy (non-hydrogen) atoms. The number of aliphatic hydroxyl groups is 1. The van der Waals surface area contributed by atoms with E-state index in [-0.39, 0.29) is 12.4 Å². The van der Waals surface area contributed by atoms with Crippen LogP contribution >= 0.6 is 21.6 Å². The quantitative estimate of drug-likeness (QED) is 0.549. The van der Waals surface area contributed by atoms with Crippen LogP contribution < -0.4 is 0 Å². The highest BCUT2D eigenvalue weighted by molar-refractivity contribution is 7.18. The third-order valence-corrected chi connectivity index (χ3v) is 4.21. The van der Waals surface area contributed by atoms with E-state index in [4.69, 9.17) is 0 Å². The summed E-state index contributed by atoms with van der Waals surface area (Å²) in [5.41, 5.74) is 0. The summed E-state index contributed by atoms with van der Waals surface area (Å²) in [4.78, 5) is 0. The summed E-state index contributed by atoms with van der Waals surface area (Å²) >= 11 is 0. The maximum absolute atomic E-state index is 10.5. The highest BCUT2D eigenvalue weighted by atomic mass is 35.5. The fourth-order valence-corrected chi connectivity index (χ4v) is 2.75. The Hall–Kier alpha value is 0.680. The molecule has 2 atom stereocenters. The lowest BCUT2D eigenvalue weighted by atomic mass is 9.87. The van der Waals surface area contributed by atoms with Crippen molar-refractivity contribution in [1.82, 2.24) is 0 Å². The molecular formula is C14H32ClOP. The van der Waals surface area contributed by atoms with Crippen LogP contribution in [0.25, 0.3) is 0 Å². The predicted molar refractivity (Wildman–Crippen MR) is 84.0 cm³/mol. The molecule has 106 valence electrons. The average molecular weight is 283 g/mol. The van der Waals surface area contributed by atoms with E-state index in [9.17, 15) is 5.11 Å². The number of halogens is 1. The van der Waals surface area contributed by atoms with Crippen molar-refractivity contribution in [3.63, 3.8) is 0 Å².